The molecule has 2 atom stereocenters. The van der Waals surface area contributed by atoms with Crippen LogP contribution in [0.5, 0.6) is 0 Å². The highest BCUT2D eigenvalue weighted by atomic mass is 16.6. The Morgan fingerprint density at radius 1 is 1.30 bits per heavy atom. The van der Waals surface area contributed by atoms with Crippen LogP contribution in [0.4, 0.5) is 4.79 Å². The number of ether oxygens (including phenoxy) is 1. The van der Waals surface area contributed by atoms with Crippen LogP contribution in [0.15, 0.2) is 24.3 Å². The minimum absolute atomic E-state index is 0.0176. The summed E-state index contributed by atoms with van der Waals surface area (Å²) >= 11 is 0. The third-order valence-electron chi connectivity index (χ3n) is 3.87. The Bertz CT molecular complexity index is 444. The fraction of sp³-hybridized carbons (Fsp3) is 0.562. The van der Waals surface area contributed by atoms with E-state index in [1.807, 2.05) is 6.92 Å². The molecule has 1 aliphatic rings. The predicted molar refractivity (Wildman–Crippen MR) is 79.7 cm³/mol. The average Bonchev–Trinajstić information content (AvgIpc) is 2.47. The van der Waals surface area contributed by atoms with E-state index in [9.17, 15) is 4.79 Å². The third kappa shape index (κ3) is 3.51. The van der Waals surface area contributed by atoms with Crippen molar-refractivity contribution in [3.63, 3.8) is 0 Å². The number of nitrogens with two attached hydrogens (primary N) is 1. The molecule has 0 aromatic heterocycles. The molecular weight excluding hydrogens is 252 g/mol. The van der Waals surface area contributed by atoms with Crippen molar-refractivity contribution >= 4 is 6.09 Å². The van der Waals surface area contributed by atoms with Crippen LogP contribution < -0.4 is 5.73 Å². The van der Waals surface area contributed by atoms with E-state index < -0.39 is 0 Å². The van der Waals surface area contributed by atoms with E-state index in [-0.39, 0.29) is 12.1 Å². The summed E-state index contributed by atoms with van der Waals surface area (Å²) in [5.41, 5.74) is 8.68. The normalized spacial score (nSPS) is 22.6. The van der Waals surface area contributed by atoms with Gasteiger partial charge < -0.3 is 15.4 Å². The molecule has 2 rings (SSSR count). The van der Waals surface area contributed by atoms with Gasteiger partial charge in [0.15, 0.2) is 0 Å². The summed E-state index contributed by atoms with van der Waals surface area (Å²) in [6.07, 6.45) is 1.71. The fourth-order valence-corrected chi connectivity index (χ4v) is 2.77. The standard InChI is InChI=1S/C16H24N2O2/c1-3-12-5-7-13(8-6-12)14-9-15(17)11-18(10-14)16(19)20-4-2/h5-8,14-15H,3-4,9-11,17H2,1-2H3. The van der Waals surface area contributed by atoms with Gasteiger partial charge in [-0.15, -0.1) is 0 Å². The number of nitrogens with zero attached hydrogens (tertiary/aromatic N) is 1. The van der Waals surface area contributed by atoms with Crippen LogP contribution in [-0.2, 0) is 11.2 Å². The van der Waals surface area contributed by atoms with E-state index in [0.717, 1.165) is 12.8 Å². The summed E-state index contributed by atoms with van der Waals surface area (Å²) < 4.78 is 5.08. The average molecular weight is 276 g/mol. The van der Waals surface area contributed by atoms with Gasteiger partial charge in [-0.3, -0.25) is 0 Å². The van der Waals surface area contributed by atoms with Crippen LogP contribution in [0.2, 0.25) is 0 Å². The minimum Gasteiger partial charge on any atom is -0.450 e. The number of hydrogen-bond donors (Lipinski definition) is 1. The summed E-state index contributed by atoms with van der Waals surface area (Å²) in [5.74, 6) is 0.300. The zero-order valence-corrected chi connectivity index (χ0v) is 12.3. The molecule has 4 nitrogen and oxygen atoms in total. The summed E-state index contributed by atoms with van der Waals surface area (Å²) in [7, 11) is 0. The zero-order chi connectivity index (χ0) is 14.5. The maximum atomic E-state index is 11.9. The lowest BCUT2D eigenvalue weighted by Crippen LogP contribution is -2.48. The van der Waals surface area contributed by atoms with Gasteiger partial charge in [-0.2, -0.15) is 0 Å². The summed E-state index contributed by atoms with van der Waals surface area (Å²) in [4.78, 5) is 13.6. The molecule has 1 aromatic rings. The van der Waals surface area contributed by atoms with E-state index in [4.69, 9.17) is 10.5 Å². The van der Waals surface area contributed by atoms with Crippen LogP contribution in [0.25, 0.3) is 0 Å². The Balaban J connectivity index is 2.08. The van der Waals surface area contributed by atoms with Crippen molar-refractivity contribution in [2.24, 2.45) is 5.73 Å². The first-order chi connectivity index (χ1) is 9.63. The van der Waals surface area contributed by atoms with E-state index >= 15 is 0 Å². The smallest absolute Gasteiger partial charge is 0.409 e. The van der Waals surface area contributed by atoms with Crippen molar-refractivity contribution < 1.29 is 9.53 Å². The quantitative estimate of drug-likeness (QED) is 0.923. The molecule has 1 aromatic carbocycles. The van der Waals surface area contributed by atoms with Crippen LogP contribution in [0.3, 0.4) is 0 Å². The number of aryl methyl sites for hydroxylation is 1. The molecule has 1 saturated heterocycles. The number of hydrogen-bond acceptors (Lipinski definition) is 3. The Kier molecular flexibility index (Phi) is 5.01. The molecule has 1 heterocycles. The lowest BCUT2D eigenvalue weighted by molar-refractivity contribution is 0.0918. The van der Waals surface area contributed by atoms with Crippen molar-refractivity contribution in [1.82, 2.24) is 4.90 Å². The van der Waals surface area contributed by atoms with Crippen LogP contribution in [0, 0.1) is 0 Å². The first-order valence-corrected chi connectivity index (χ1v) is 7.40. The maximum Gasteiger partial charge on any atom is 0.409 e. The Morgan fingerprint density at radius 2 is 2.00 bits per heavy atom. The van der Waals surface area contributed by atoms with Crippen molar-refractivity contribution in [2.75, 3.05) is 19.7 Å². The molecule has 2 unspecified atom stereocenters. The van der Waals surface area contributed by atoms with E-state index in [0.29, 0.717) is 25.6 Å². The van der Waals surface area contributed by atoms with Gasteiger partial charge in [-0.1, -0.05) is 31.2 Å². The Labute approximate surface area is 120 Å². The third-order valence-corrected chi connectivity index (χ3v) is 3.87. The molecule has 4 heteroatoms. The van der Waals surface area contributed by atoms with Gasteiger partial charge in [0.05, 0.1) is 6.61 Å². The second-order valence-electron chi connectivity index (χ2n) is 5.39. The molecule has 0 spiro atoms. The molecule has 20 heavy (non-hydrogen) atoms. The lowest BCUT2D eigenvalue weighted by atomic mass is 9.88. The molecular formula is C16H24N2O2. The first-order valence-electron chi connectivity index (χ1n) is 7.40. The number of carbonyl (C=O) groups is 1. The molecule has 110 valence electrons. The van der Waals surface area contributed by atoms with Crippen molar-refractivity contribution in [2.45, 2.75) is 38.6 Å². The molecule has 0 radical (unpaired) electrons. The van der Waals surface area contributed by atoms with Gasteiger partial charge in [-0.05, 0) is 30.9 Å². The SMILES string of the molecule is CCOC(=O)N1CC(N)CC(c2ccc(CC)cc2)C1. The van der Waals surface area contributed by atoms with Gasteiger partial charge in [-0.25, -0.2) is 4.79 Å². The van der Waals surface area contributed by atoms with E-state index in [2.05, 4.69) is 31.2 Å². The monoisotopic (exact) mass is 276 g/mol. The number of amides is 1. The second-order valence-corrected chi connectivity index (χ2v) is 5.39. The van der Waals surface area contributed by atoms with Crippen LogP contribution >= 0.6 is 0 Å². The number of piperidine rings is 1. The summed E-state index contributed by atoms with van der Waals surface area (Å²) in [5, 5.41) is 0. The number of benzene rings is 1. The topological polar surface area (TPSA) is 55.6 Å². The van der Waals surface area contributed by atoms with E-state index in [1.54, 1.807) is 4.90 Å². The highest BCUT2D eigenvalue weighted by Crippen LogP contribution is 2.27. The number of rotatable bonds is 3. The molecule has 1 aliphatic heterocycles. The van der Waals surface area contributed by atoms with Gasteiger partial charge >= 0.3 is 6.09 Å². The van der Waals surface area contributed by atoms with Gasteiger partial charge in [0, 0.05) is 25.0 Å². The first kappa shape index (κ1) is 14.9. The highest BCUT2D eigenvalue weighted by Gasteiger charge is 2.29. The molecule has 1 amide bonds. The largest absolute Gasteiger partial charge is 0.450 e. The Hall–Kier alpha value is -1.55. The van der Waals surface area contributed by atoms with Crippen molar-refractivity contribution in [1.29, 1.82) is 0 Å². The zero-order valence-electron chi connectivity index (χ0n) is 12.3. The number of likely N-dealkylation sites (tertiary alicyclic amines) is 1. The molecule has 0 bridgehead atoms. The number of carbonyl (C=O) groups excluding carboxylic acids is 1. The van der Waals surface area contributed by atoms with Gasteiger partial charge in [0.25, 0.3) is 0 Å². The summed E-state index contributed by atoms with van der Waals surface area (Å²) in [6.45, 7) is 5.65. The molecule has 0 saturated carbocycles. The summed E-state index contributed by atoms with van der Waals surface area (Å²) in [6, 6.07) is 8.65. The lowest BCUT2D eigenvalue weighted by Gasteiger charge is -2.35. The van der Waals surface area contributed by atoms with Gasteiger partial charge in [0.2, 0.25) is 0 Å². The van der Waals surface area contributed by atoms with Crippen LogP contribution in [-0.4, -0.2) is 36.7 Å². The minimum atomic E-state index is -0.252. The fourth-order valence-electron chi connectivity index (χ4n) is 2.77. The second kappa shape index (κ2) is 6.75. The van der Waals surface area contributed by atoms with Crippen molar-refractivity contribution in [3.8, 4) is 0 Å². The molecule has 2 N–H and O–H groups in total. The highest BCUT2D eigenvalue weighted by molar-refractivity contribution is 5.68. The van der Waals surface area contributed by atoms with Crippen LogP contribution in [0.1, 0.15) is 37.3 Å². The molecule has 0 aliphatic carbocycles. The van der Waals surface area contributed by atoms with Gasteiger partial charge in [0.1, 0.15) is 0 Å². The predicted octanol–water partition coefficient (Wildman–Crippen LogP) is 2.52. The maximum absolute atomic E-state index is 11.9. The molecule has 1 fully saturated rings. The van der Waals surface area contributed by atoms with E-state index in [1.165, 1.54) is 11.1 Å². The van der Waals surface area contributed by atoms with Crippen molar-refractivity contribution in [3.05, 3.63) is 35.4 Å². The Morgan fingerprint density at radius 3 is 2.60 bits per heavy atom.